The first-order valence-corrected chi connectivity index (χ1v) is 8.07. The first-order chi connectivity index (χ1) is 12.6. The third-order valence-electron chi connectivity index (χ3n) is 3.74. The molecule has 1 aromatic carbocycles. The maximum Gasteiger partial charge on any atom is 0.294 e. The molecule has 142 valence electrons. The smallest absolute Gasteiger partial charge is 0.294 e. The molecule has 0 saturated heterocycles. The molecule has 0 aliphatic rings. The van der Waals surface area contributed by atoms with Crippen LogP contribution in [0.1, 0.15) is 19.3 Å². The van der Waals surface area contributed by atoms with Crippen molar-refractivity contribution in [1.82, 2.24) is 9.97 Å². The topological polar surface area (TPSA) is 118 Å². The predicted molar refractivity (Wildman–Crippen MR) is 94.5 cm³/mol. The largest absolute Gasteiger partial charge is 0.493 e. The highest BCUT2D eigenvalue weighted by Gasteiger charge is 2.19. The minimum Gasteiger partial charge on any atom is -0.493 e. The molecule has 0 radical (unpaired) electrons. The molecular weight excluding hydrogens is 344 g/mol. The van der Waals surface area contributed by atoms with Crippen LogP contribution in [0, 0.1) is 10.1 Å². The Hall–Kier alpha value is -3.04. The zero-order chi connectivity index (χ0) is 18.9. The zero-order valence-corrected chi connectivity index (χ0v) is 15.0. The van der Waals surface area contributed by atoms with E-state index in [-0.39, 0.29) is 6.61 Å². The molecule has 0 atom stereocenters. The molecule has 0 spiro atoms. The lowest BCUT2D eigenvalue weighted by atomic mass is 10.1. The fraction of sp³-hybridized carbons (Fsp3) is 0.500. The summed E-state index contributed by atoms with van der Waals surface area (Å²) in [5, 5.41) is 13.3. The molecule has 0 unspecified atom stereocenters. The van der Waals surface area contributed by atoms with Crippen molar-refractivity contribution in [3.05, 3.63) is 22.5 Å². The highest BCUT2D eigenvalue weighted by atomic mass is 16.9. The number of unbranched alkanes of at least 4 members (excludes halogenated alkanes) is 2. The van der Waals surface area contributed by atoms with E-state index in [1.807, 2.05) is 0 Å². The molecule has 0 saturated carbocycles. The normalized spacial score (nSPS) is 10.4. The van der Waals surface area contributed by atoms with Crippen LogP contribution in [0.2, 0.25) is 0 Å². The number of nitrogens with one attached hydrogen (secondary N) is 1. The van der Waals surface area contributed by atoms with E-state index in [9.17, 15) is 10.1 Å². The first-order valence-electron chi connectivity index (χ1n) is 8.07. The second kappa shape index (κ2) is 9.44. The van der Waals surface area contributed by atoms with Crippen LogP contribution in [0.25, 0.3) is 10.9 Å². The third kappa shape index (κ3) is 4.52. The summed E-state index contributed by atoms with van der Waals surface area (Å²) in [4.78, 5) is 22.9. The number of ether oxygens (including phenoxy) is 3. The minimum absolute atomic E-state index is 0.109. The number of rotatable bonds is 11. The SMILES string of the molecule is COc1cc2c(NCCCCCO[N+](=O)[O-])ncnc2c(OC)c1OC. The molecule has 2 rings (SSSR count). The Labute approximate surface area is 150 Å². The van der Waals surface area contributed by atoms with Gasteiger partial charge in [0.05, 0.1) is 33.3 Å². The Morgan fingerprint density at radius 2 is 1.85 bits per heavy atom. The van der Waals surface area contributed by atoms with E-state index in [1.54, 1.807) is 20.3 Å². The van der Waals surface area contributed by atoms with E-state index in [2.05, 4.69) is 20.1 Å². The van der Waals surface area contributed by atoms with Crippen LogP contribution in [0.3, 0.4) is 0 Å². The quantitative estimate of drug-likeness (QED) is 0.363. The van der Waals surface area contributed by atoms with Gasteiger partial charge >= 0.3 is 0 Å². The van der Waals surface area contributed by atoms with Crippen molar-refractivity contribution in [3.63, 3.8) is 0 Å². The molecule has 0 fully saturated rings. The Morgan fingerprint density at radius 1 is 1.08 bits per heavy atom. The fourth-order valence-corrected chi connectivity index (χ4v) is 2.55. The standard InChI is InChI=1S/C16H22N4O6/c1-23-12-9-11-13(15(25-3)14(12)24-2)18-10-19-16(11)17-7-5-4-6-8-26-20(21)22/h9-10H,4-8H2,1-3H3,(H,17,18,19). The lowest BCUT2D eigenvalue weighted by Crippen LogP contribution is -2.07. The summed E-state index contributed by atoms with van der Waals surface area (Å²) in [6, 6.07) is 1.80. The van der Waals surface area contributed by atoms with Crippen LogP contribution < -0.4 is 19.5 Å². The van der Waals surface area contributed by atoms with Crippen molar-refractivity contribution in [3.8, 4) is 17.2 Å². The summed E-state index contributed by atoms with van der Waals surface area (Å²) in [5.74, 6) is 2.12. The van der Waals surface area contributed by atoms with Crippen LogP contribution >= 0.6 is 0 Å². The van der Waals surface area contributed by atoms with Gasteiger partial charge in [-0.1, -0.05) is 0 Å². The van der Waals surface area contributed by atoms with Gasteiger partial charge in [0.1, 0.15) is 17.7 Å². The van der Waals surface area contributed by atoms with Gasteiger partial charge in [-0.3, -0.25) is 0 Å². The van der Waals surface area contributed by atoms with Crippen molar-refractivity contribution < 1.29 is 24.1 Å². The number of anilines is 1. The Kier molecular flexibility index (Phi) is 7.01. The van der Waals surface area contributed by atoms with Gasteiger partial charge in [-0.15, -0.1) is 10.1 Å². The van der Waals surface area contributed by atoms with Crippen molar-refractivity contribution in [2.24, 2.45) is 0 Å². The third-order valence-corrected chi connectivity index (χ3v) is 3.74. The number of hydrogen-bond donors (Lipinski definition) is 1. The molecule has 1 N–H and O–H groups in total. The molecular formula is C16H22N4O6. The highest BCUT2D eigenvalue weighted by Crippen LogP contribution is 2.43. The van der Waals surface area contributed by atoms with E-state index < -0.39 is 5.09 Å². The average Bonchev–Trinajstić information content (AvgIpc) is 2.65. The fourth-order valence-electron chi connectivity index (χ4n) is 2.55. The first kappa shape index (κ1) is 19.3. The van der Waals surface area contributed by atoms with Gasteiger partial charge < -0.3 is 24.4 Å². The highest BCUT2D eigenvalue weighted by molar-refractivity contribution is 5.96. The molecule has 1 aromatic heterocycles. The summed E-state index contributed by atoms with van der Waals surface area (Å²) >= 11 is 0. The van der Waals surface area contributed by atoms with Crippen molar-refractivity contribution in [2.45, 2.75) is 19.3 Å². The molecule has 0 amide bonds. The van der Waals surface area contributed by atoms with Gasteiger partial charge in [-0.25, -0.2) is 9.97 Å². The molecule has 10 heteroatoms. The summed E-state index contributed by atoms with van der Waals surface area (Å²) in [5.41, 5.74) is 0.613. The molecule has 0 aliphatic heterocycles. The van der Waals surface area contributed by atoms with Crippen LogP contribution in [-0.4, -0.2) is 49.5 Å². The maximum atomic E-state index is 10.1. The molecule has 2 aromatic rings. The van der Waals surface area contributed by atoms with E-state index >= 15 is 0 Å². The van der Waals surface area contributed by atoms with Gasteiger partial charge in [0.2, 0.25) is 5.75 Å². The van der Waals surface area contributed by atoms with E-state index in [0.29, 0.717) is 41.5 Å². The summed E-state index contributed by atoms with van der Waals surface area (Å²) in [6.07, 6.45) is 3.68. The maximum absolute atomic E-state index is 10.1. The summed E-state index contributed by atoms with van der Waals surface area (Å²) < 4.78 is 16.2. The van der Waals surface area contributed by atoms with Gasteiger partial charge in [0.25, 0.3) is 5.09 Å². The van der Waals surface area contributed by atoms with Crippen LogP contribution in [-0.2, 0) is 4.84 Å². The number of nitrogens with zero attached hydrogens (tertiary/aromatic N) is 3. The monoisotopic (exact) mass is 366 g/mol. The zero-order valence-electron chi connectivity index (χ0n) is 15.0. The molecule has 26 heavy (non-hydrogen) atoms. The van der Waals surface area contributed by atoms with Crippen LogP contribution in [0.5, 0.6) is 17.2 Å². The van der Waals surface area contributed by atoms with E-state index in [1.165, 1.54) is 13.4 Å². The Morgan fingerprint density at radius 3 is 2.50 bits per heavy atom. The molecule has 0 bridgehead atoms. The Balaban J connectivity index is 2.10. The van der Waals surface area contributed by atoms with Gasteiger partial charge in [-0.05, 0) is 25.3 Å². The number of hydrogen-bond acceptors (Lipinski definition) is 9. The van der Waals surface area contributed by atoms with Crippen molar-refractivity contribution in [1.29, 1.82) is 0 Å². The Bertz CT molecular complexity index is 755. The molecule has 10 nitrogen and oxygen atoms in total. The summed E-state index contributed by atoms with van der Waals surface area (Å²) in [7, 11) is 4.63. The minimum atomic E-state index is -0.777. The lowest BCUT2D eigenvalue weighted by Gasteiger charge is -2.15. The van der Waals surface area contributed by atoms with Crippen molar-refractivity contribution in [2.75, 3.05) is 39.8 Å². The molecule has 0 aliphatic carbocycles. The van der Waals surface area contributed by atoms with Gasteiger partial charge in [0.15, 0.2) is 11.5 Å². The number of benzene rings is 1. The predicted octanol–water partition coefficient (Wildman–Crippen LogP) is 2.45. The van der Waals surface area contributed by atoms with E-state index in [4.69, 9.17) is 14.2 Å². The van der Waals surface area contributed by atoms with Gasteiger partial charge in [0, 0.05) is 6.54 Å². The molecule has 1 heterocycles. The summed E-state index contributed by atoms with van der Waals surface area (Å²) in [6.45, 7) is 0.763. The van der Waals surface area contributed by atoms with E-state index in [0.717, 1.165) is 18.2 Å². The number of methoxy groups -OCH3 is 3. The van der Waals surface area contributed by atoms with Gasteiger partial charge in [-0.2, -0.15) is 0 Å². The second-order valence-electron chi connectivity index (χ2n) is 5.31. The average molecular weight is 366 g/mol. The lowest BCUT2D eigenvalue weighted by molar-refractivity contribution is -0.757. The van der Waals surface area contributed by atoms with Crippen molar-refractivity contribution >= 4 is 16.7 Å². The van der Waals surface area contributed by atoms with Crippen LogP contribution in [0.4, 0.5) is 5.82 Å². The number of aromatic nitrogens is 2. The van der Waals surface area contributed by atoms with Crippen LogP contribution in [0.15, 0.2) is 12.4 Å². The number of fused-ring (bicyclic) bond motifs is 1. The second-order valence-corrected chi connectivity index (χ2v) is 5.31.